The molecule has 1 aromatic carbocycles. The lowest BCUT2D eigenvalue weighted by atomic mass is 9.75. The third-order valence-electron chi connectivity index (χ3n) is 6.81. The Balaban J connectivity index is 1.92. The number of carbonyl (C=O) groups is 1. The number of likely N-dealkylation sites (N-methyl/N-ethyl adjacent to an activating group) is 1. The van der Waals surface area contributed by atoms with Crippen molar-refractivity contribution >= 4 is 25.0 Å². The topological polar surface area (TPSA) is 40.5 Å². The van der Waals surface area contributed by atoms with Crippen molar-refractivity contribution in [1.29, 1.82) is 0 Å². The van der Waals surface area contributed by atoms with Crippen molar-refractivity contribution in [3.63, 3.8) is 0 Å². The van der Waals surface area contributed by atoms with E-state index in [-0.39, 0.29) is 6.03 Å². The Morgan fingerprint density at radius 2 is 2.00 bits per heavy atom. The van der Waals surface area contributed by atoms with E-state index in [1.165, 1.54) is 29.4 Å². The third-order valence-corrected chi connectivity index (χ3v) is 7.69. The number of nitrogens with zero attached hydrogens (tertiary/aromatic N) is 3. The summed E-state index contributed by atoms with van der Waals surface area (Å²) in [6.45, 7) is 13.4. The van der Waals surface area contributed by atoms with Crippen LogP contribution in [0.15, 0.2) is 18.2 Å². The zero-order valence-corrected chi connectivity index (χ0v) is 20.9. The summed E-state index contributed by atoms with van der Waals surface area (Å²) in [7, 11) is 0.684. The quantitative estimate of drug-likeness (QED) is 0.564. The maximum absolute atomic E-state index is 13.0. The van der Waals surface area contributed by atoms with Gasteiger partial charge in [-0.15, -0.1) is 5.54 Å². The van der Waals surface area contributed by atoms with Crippen molar-refractivity contribution in [2.75, 3.05) is 32.1 Å². The molecule has 0 unspecified atom stereocenters. The summed E-state index contributed by atoms with van der Waals surface area (Å²) in [6, 6.07) is 7.02. The van der Waals surface area contributed by atoms with E-state index >= 15 is 0 Å². The van der Waals surface area contributed by atoms with Gasteiger partial charge in [0.05, 0.1) is 5.52 Å². The molecule has 5 nitrogen and oxygen atoms in total. The van der Waals surface area contributed by atoms with Gasteiger partial charge >= 0.3 is 6.03 Å². The monoisotopic (exact) mass is 436 g/mol. The van der Waals surface area contributed by atoms with Gasteiger partial charge in [0.25, 0.3) is 0 Å². The van der Waals surface area contributed by atoms with E-state index in [2.05, 4.69) is 66.7 Å². The van der Waals surface area contributed by atoms with Crippen molar-refractivity contribution in [3.05, 3.63) is 35.0 Å². The lowest BCUT2D eigenvalue weighted by Gasteiger charge is -2.42. The highest BCUT2D eigenvalue weighted by Crippen LogP contribution is 2.44. The summed E-state index contributed by atoms with van der Waals surface area (Å²) in [5.74, 6) is 4.09. The molecule has 31 heavy (non-hydrogen) atoms. The van der Waals surface area contributed by atoms with Gasteiger partial charge in [0, 0.05) is 30.4 Å². The fraction of sp³-hybridized carbons (Fsp3) is 0.560. The summed E-state index contributed by atoms with van der Waals surface area (Å²) < 4.78 is 1.99. The number of hydrogen-bond acceptors (Lipinski definition) is 2. The lowest BCUT2D eigenvalue weighted by Crippen LogP contribution is -2.44. The van der Waals surface area contributed by atoms with Gasteiger partial charge < -0.3 is 9.80 Å². The minimum atomic E-state index is -1.57. The van der Waals surface area contributed by atoms with Crippen LogP contribution >= 0.6 is 0 Å². The Morgan fingerprint density at radius 1 is 1.26 bits per heavy atom. The fourth-order valence-electron chi connectivity index (χ4n) is 5.22. The molecule has 1 aliphatic heterocycles. The highest BCUT2D eigenvalue weighted by Gasteiger charge is 2.38. The molecule has 0 radical (unpaired) electrons. The first-order valence-corrected chi connectivity index (χ1v) is 15.2. The second-order valence-electron chi connectivity index (χ2n) is 9.99. The fourth-order valence-corrected chi connectivity index (χ4v) is 5.71. The summed E-state index contributed by atoms with van der Waals surface area (Å²) in [4.78, 5) is 17.4. The highest BCUT2D eigenvalue weighted by atomic mass is 28.3. The summed E-state index contributed by atoms with van der Waals surface area (Å²) in [6.07, 6.45) is 3.48. The number of hydrogen-bond donors (Lipinski definition) is 1. The maximum Gasteiger partial charge on any atom is 0.336 e. The number of rotatable bonds is 3. The SMILES string of the molecule is CCN(CC)C(=O)Nn1c(C#C[Si](C)(C)C)c2c3c(cccc31)[C@H]1CCCN(C)[C@@H]1C2. The van der Waals surface area contributed by atoms with Crippen molar-refractivity contribution < 1.29 is 4.79 Å². The molecule has 1 fully saturated rings. The van der Waals surface area contributed by atoms with Crippen LogP contribution in [0.3, 0.4) is 0 Å². The summed E-state index contributed by atoms with van der Waals surface area (Å²) in [5.41, 5.74) is 11.6. The third kappa shape index (κ3) is 4.01. The van der Waals surface area contributed by atoms with Gasteiger partial charge in [-0.1, -0.05) is 37.7 Å². The van der Waals surface area contributed by atoms with E-state index in [1.807, 2.05) is 23.4 Å². The second kappa shape index (κ2) is 8.37. The zero-order chi connectivity index (χ0) is 22.3. The molecule has 0 bridgehead atoms. The minimum Gasteiger partial charge on any atom is -0.324 e. The molecule has 0 saturated carbocycles. The van der Waals surface area contributed by atoms with Gasteiger partial charge in [-0.25, -0.2) is 14.9 Å². The molecule has 2 amide bonds. The van der Waals surface area contributed by atoms with E-state index in [1.54, 1.807) is 0 Å². The summed E-state index contributed by atoms with van der Waals surface area (Å²) >= 11 is 0. The normalized spacial score (nSPS) is 20.7. The highest BCUT2D eigenvalue weighted by molar-refractivity contribution is 6.83. The van der Waals surface area contributed by atoms with E-state index in [0.717, 1.165) is 24.2 Å². The van der Waals surface area contributed by atoms with Gasteiger partial charge in [0.1, 0.15) is 13.8 Å². The van der Waals surface area contributed by atoms with Crippen molar-refractivity contribution in [2.45, 2.75) is 64.7 Å². The van der Waals surface area contributed by atoms with Crippen LogP contribution in [-0.2, 0) is 6.42 Å². The first-order valence-electron chi connectivity index (χ1n) is 11.7. The van der Waals surface area contributed by atoms with Crippen molar-refractivity contribution in [1.82, 2.24) is 14.5 Å². The lowest BCUT2D eigenvalue weighted by molar-refractivity contribution is 0.157. The second-order valence-corrected chi connectivity index (χ2v) is 14.7. The Bertz CT molecular complexity index is 1050. The first kappa shape index (κ1) is 22.0. The van der Waals surface area contributed by atoms with Gasteiger partial charge in [-0.05, 0) is 63.9 Å². The van der Waals surface area contributed by atoms with E-state index in [0.29, 0.717) is 25.0 Å². The molecule has 0 spiro atoms. The number of amides is 2. The van der Waals surface area contributed by atoms with Crippen LogP contribution in [0, 0.1) is 11.5 Å². The van der Waals surface area contributed by atoms with Crippen LogP contribution in [0.5, 0.6) is 0 Å². The molecule has 4 rings (SSSR count). The molecule has 1 saturated heterocycles. The van der Waals surface area contributed by atoms with Crippen LogP contribution < -0.4 is 5.43 Å². The summed E-state index contributed by atoms with van der Waals surface area (Å²) in [5, 5.41) is 1.32. The van der Waals surface area contributed by atoms with Crippen LogP contribution in [0.2, 0.25) is 19.6 Å². The largest absolute Gasteiger partial charge is 0.336 e. The van der Waals surface area contributed by atoms with Crippen molar-refractivity contribution in [3.8, 4) is 11.5 Å². The first-order chi connectivity index (χ1) is 14.7. The van der Waals surface area contributed by atoms with E-state index in [9.17, 15) is 4.79 Å². The predicted octanol–water partition coefficient (Wildman–Crippen LogP) is 4.61. The van der Waals surface area contributed by atoms with Crippen LogP contribution in [0.1, 0.15) is 49.4 Å². The van der Waals surface area contributed by atoms with Gasteiger partial charge in [0.15, 0.2) is 0 Å². The van der Waals surface area contributed by atoms with Crippen LogP contribution in [0.25, 0.3) is 10.9 Å². The molecule has 1 N–H and O–H groups in total. The molecule has 2 heterocycles. The Kier molecular flexibility index (Phi) is 5.93. The molecular formula is C25H36N4OSi. The molecular weight excluding hydrogens is 400 g/mol. The number of carbonyl (C=O) groups excluding carboxylic acids is 1. The molecule has 2 atom stereocenters. The average Bonchev–Trinajstić information content (AvgIpc) is 3.01. The molecule has 2 aromatic rings. The van der Waals surface area contributed by atoms with Crippen LogP contribution in [-0.4, -0.2) is 61.3 Å². The Morgan fingerprint density at radius 3 is 2.68 bits per heavy atom. The molecule has 1 aromatic heterocycles. The number of fused-ring (bicyclic) bond motifs is 2. The Labute approximate surface area is 187 Å². The predicted molar refractivity (Wildman–Crippen MR) is 132 cm³/mol. The van der Waals surface area contributed by atoms with Crippen LogP contribution in [0.4, 0.5) is 4.79 Å². The standard InChI is InChI=1S/C25H36N4OSi/c1-7-28(8-2)25(30)26-29-21(14-16-31(4,5)6)20-17-23-18(12-10-15-27(23)3)19-11-9-13-22(29)24(19)20/h9,11,13,18,23H,7-8,10,12,15,17H2,1-6H3,(H,26,30)/t18-,23-/m1/s1. The molecule has 2 aliphatic rings. The van der Waals surface area contributed by atoms with Gasteiger partial charge in [0.2, 0.25) is 0 Å². The number of likely N-dealkylation sites (tertiary alicyclic amines) is 1. The number of urea groups is 1. The molecule has 6 heteroatoms. The van der Waals surface area contributed by atoms with Gasteiger partial charge in [-0.3, -0.25) is 0 Å². The van der Waals surface area contributed by atoms with Gasteiger partial charge in [-0.2, -0.15) is 0 Å². The van der Waals surface area contributed by atoms with E-state index in [4.69, 9.17) is 0 Å². The number of nitrogens with one attached hydrogen (secondary N) is 1. The smallest absolute Gasteiger partial charge is 0.324 e. The average molecular weight is 437 g/mol. The number of aromatic nitrogens is 1. The minimum absolute atomic E-state index is 0.0660. The van der Waals surface area contributed by atoms with Crippen molar-refractivity contribution in [2.24, 2.45) is 0 Å². The molecule has 166 valence electrons. The zero-order valence-electron chi connectivity index (χ0n) is 19.9. The number of piperidine rings is 1. The molecule has 1 aliphatic carbocycles. The Hall–Kier alpha value is -2.23. The maximum atomic E-state index is 13.0. The number of benzene rings is 1. The van der Waals surface area contributed by atoms with E-state index < -0.39 is 8.07 Å².